The number of ether oxygens (including phenoxy) is 2. The van der Waals surface area contributed by atoms with Crippen molar-refractivity contribution in [3.8, 4) is 11.5 Å². The zero-order valence-corrected chi connectivity index (χ0v) is 16.1. The van der Waals surface area contributed by atoms with Crippen molar-refractivity contribution in [3.63, 3.8) is 0 Å². The minimum Gasteiger partial charge on any atom is -0.497 e. The van der Waals surface area contributed by atoms with E-state index in [-0.39, 0.29) is 22.1 Å². The van der Waals surface area contributed by atoms with Gasteiger partial charge in [-0.1, -0.05) is 24.0 Å². The van der Waals surface area contributed by atoms with Crippen molar-refractivity contribution in [2.24, 2.45) is 0 Å². The molecule has 1 atom stereocenters. The predicted octanol–water partition coefficient (Wildman–Crippen LogP) is 2.22. The minimum absolute atomic E-state index is 0.0662. The number of carboxylic acid groups (broad SMARTS) is 2. The molecule has 1 unspecified atom stereocenters. The first kappa shape index (κ1) is 20.7. The van der Waals surface area contributed by atoms with E-state index in [1.54, 1.807) is 24.3 Å². The molecule has 0 bridgehead atoms. The largest absolute Gasteiger partial charge is 0.497 e. The van der Waals surface area contributed by atoms with Gasteiger partial charge in [-0.15, -0.1) is 0 Å². The number of thiocarbonyl (C=S) groups is 1. The van der Waals surface area contributed by atoms with Crippen LogP contribution in [0.5, 0.6) is 11.5 Å². The Morgan fingerprint density at radius 2 is 2.00 bits per heavy atom. The highest BCUT2D eigenvalue weighted by molar-refractivity contribution is 8.26. The zero-order valence-electron chi connectivity index (χ0n) is 14.5. The first-order valence-electron chi connectivity index (χ1n) is 7.72. The predicted molar refractivity (Wildman–Crippen MR) is 103 cm³/mol. The van der Waals surface area contributed by atoms with Gasteiger partial charge in [0.05, 0.1) is 19.1 Å². The summed E-state index contributed by atoms with van der Waals surface area (Å²) in [6.07, 6.45) is 0.920. The lowest BCUT2D eigenvalue weighted by molar-refractivity contribution is -0.146. The lowest BCUT2D eigenvalue weighted by atomic mass is 10.1. The summed E-state index contributed by atoms with van der Waals surface area (Å²) in [5, 5.41) is 18.2. The molecular weight excluding hydrogens is 394 g/mol. The quantitative estimate of drug-likeness (QED) is 0.491. The Balaban J connectivity index is 2.33. The van der Waals surface area contributed by atoms with E-state index in [0.717, 1.165) is 16.7 Å². The summed E-state index contributed by atoms with van der Waals surface area (Å²) in [5.41, 5.74) is 0.594. The summed E-state index contributed by atoms with van der Waals surface area (Å²) in [5.74, 6) is -1.99. The van der Waals surface area contributed by atoms with Crippen molar-refractivity contribution < 1.29 is 34.1 Å². The molecule has 144 valence electrons. The first-order chi connectivity index (χ1) is 12.8. The molecule has 0 saturated carbocycles. The molecule has 1 aromatic carbocycles. The average Bonchev–Trinajstić information content (AvgIpc) is 2.89. The van der Waals surface area contributed by atoms with Crippen LogP contribution in [0.4, 0.5) is 0 Å². The Labute approximate surface area is 164 Å². The Morgan fingerprint density at radius 3 is 2.56 bits per heavy atom. The van der Waals surface area contributed by atoms with Crippen LogP contribution in [-0.2, 0) is 14.4 Å². The number of amides is 1. The van der Waals surface area contributed by atoms with Gasteiger partial charge in [-0.2, -0.15) is 0 Å². The van der Waals surface area contributed by atoms with E-state index in [0.29, 0.717) is 17.1 Å². The smallest absolute Gasteiger partial charge is 0.326 e. The van der Waals surface area contributed by atoms with E-state index in [1.807, 2.05) is 0 Å². The normalized spacial score (nSPS) is 16.5. The van der Waals surface area contributed by atoms with Crippen LogP contribution in [0.2, 0.25) is 0 Å². The third kappa shape index (κ3) is 4.77. The Bertz CT molecular complexity index is 821. The summed E-state index contributed by atoms with van der Waals surface area (Å²) in [4.78, 5) is 36.2. The Hall–Kier alpha value is -2.59. The third-order valence-electron chi connectivity index (χ3n) is 3.78. The average molecular weight is 411 g/mol. The van der Waals surface area contributed by atoms with E-state index < -0.39 is 23.9 Å². The van der Waals surface area contributed by atoms with Crippen molar-refractivity contribution in [2.75, 3.05) is 14.2 Å². The van der Waals surface area contributed by atoms with E-state index >= 15 is 0 Å². The van der Waals surface area contributed by atoms with Gasteiger partial charge in [0.2, 0.25) is 0 Å². The van der Waals surface area contributed by atoms with E-state index in [4.69, 9.17) is 26.8 Å². The molecule has 2 rings (SSSR count). The summed E-state index contributed by atoms with van der Waals surface area (Å²) in [7, 11) is 2.99. The minimum atomic E-state index is -1.34. The molecule has 2 N–H and O–H groups in total. The second-order valence-corrected chi connectivity index (χ2v) is 7.12. The molecule has 1 amide bonds. The lowest BCUT2D eigenvalue weighted by Gasteiger charge is -2.22. The topological polar surface area (TPSA) is 113 Å². The fraction of sp³-hybridized carbons (Fsp3) is 0.294. The highest BCUT2D eigenvalue weighted by Crippen LogP contribution is 2.36. The molecule has 27 heavy (non-hydrogen) atoms. The highest BCUT2D eigenvalue weighted by atomic mass is 32.2. The number of thioether (sulfide) groups is 1. The van der Waals surface area contributed by atoms with Crippen LogP contribution in [0, 0.1) is 0 Å². The Morgan fingerprint density at radius 1 is 1.30 bits per heavy atom. The fourth-order valence-corrected chi connectivity index (χ4v) is 3.80. The zero-order chi connectivity index (χ0) is 20.1. The van der Waals surface area contributed by atoms with Crippen LogP contribution >= 0.6 is 24.0 Å². The molecule has 0 aliphatic carbocycles. The van der Waals surface area contributed by atoms with Gasteiger partial charge in [-0.05, 0) is 24.6 Å². The molecule has 0 aromatic heterocycles. The molecule has 1 aliphatic rings. The number of methoxy groups -OCH3 is 2. The maximum Gasteiger partial charge on any atom is 0.326 e. The van der Waals surface area contributed by atoms with Gasteiger partial charge in [-0.3, -0.25) is 14.5 Å². The number of aliphatic carboxylic acids is 2. The van der Waals surface area contributed by atoms with E-state index in [1.165, 1.54) is 14.2 Å². The van der Waals surface area contributed by atoms with E-state index in [9.17, 15) is 19.5 Å². The second-order valence-electron chi connectivity index (χ2n) is 5.45. The van der Waals surface area contributed by atoms with Gasteiger partial charge in [0.15, 0.2) is 0 Å². The number of carbonyl (C=O) groups excluding carboxylic acids is 1. The van der Waals surface area contributed by atoms with Gasteiger partial charge in [0.25, 0.3) is 5.91 Å². The van der Waals surface area contributed by atoms with Crippen LogP contribution in [0.3, 0.4) is 0 Å². The number of hydrogen-bond acceptors (Lipinski definition) is 7. The van der Waals surface area contributed by atoms with Crippen LogP contribution in [0.15, 0.2) is 23.1 Å². The van der Waals surface area contributed by atoms with Gasteiger partial charge in [-0.25, -0.2) is 4.79 Å². The van der Waals surface area contributed by atoms with E-state index in [2.05, 4.69) is 0 Å². The summed E-state index contributed by atoms with van der Waals surface area (Å²) in [6.45, 7) is 0. The Kier molecular flexibility index (Phi) is 6.81. The SMILES string of the molecule is COc1ccc(C=C2SC(=S)N(C(CCC(=O)O)C(=O)O)C2=O)c(OC)c1. The second kappa shape index (κ2) is 8.87. The standard InChI is InChI=1S/C17H17NO7S2/c1-24-10-4-3-9(12(8-10)25-2)7-13-15(21)18(17(26)27-13)11(16(22)23)5-6-14(19)20/h3-4,7-8,11H,5-6H2,1-2H3,(H,19,20)(H,22,23). The molecule has 1 aliphatic heterocycles. The molecule has 1 saturated heterocycles. The molecule has 8 nitrogen and oxygen atoms in total. The molecule has 1 aromatic rings. The number of nitrogens with zero attached hydrogens (tertiary/aromatic N) is 1. The van der Waals surface area contributed by atoms with Gasteiger partial charge >= 0.3 is 11.9 Å². The van der Waals surface area contributed by atoms with Crippen molar-refractivity contribution in [2.45, 2.75) is 18.9 Å². The van der Waals surface area contributed by atoms with Crippen LogP contribution < -0.4 is 9.47 Å². The van der Waals surface area contributed by atoms with Gasteiger partial charge < -0.3 is 19.7 Å². The summed E-state index contributed by atoms with van der Waals surface area (Å²) in [6, 6.07) is 3.71. The molecule has 1 heterocycles. The summed E-state index contributed by atoms with van der Waals surface area (Å²) < 4.78 is 10.5. The van der Waals surface area contributed by atoms with Crippen molar-refractivity contribution >= 4 is 52.2 Å². The maximum absolute atomic E-state index is 12.7. The molecule has 0 radical (unpaired) electrons. The first-order valence-corrected chi connectivity index (χ1v) is 8.94. The maximum atomic E-state index is 12.7. The summed E-state index contributed by atoms with van der Waals surface area (Å²) >= 11 is 6.11. The molecule has 1 fully saturated rings. The number of carboxylic acids is 2. The number of hydrogen-bond donors (Lipinski definition) is 2. The van der Waals surface area contributed by atoms with Gasteiger partial charge in [0.1, 0.15) is 21.9 Å². The van der Waals surface area contributed by atoms with Crippen LogP contribution in [0.1, 0.15) is 18.4 Å². The third-order valence-corrected chi connectivity index (χ3v) is 5.11. The number of benzene rings is 1. The molecule has 0 spiro atoms. The molecule has 10 heteroatoms. The number of rotatable bonds is 8. The van der Waals surface area contributed by atoms with Crippen LogP contribution in [-0.4, -0.2) is 57.5 Å². The monoisotopic (exact) mass is 411 g/mol. The van der Waals surface area contributed by atoms with Crippen molar-refractivity contribution in [3.05, 3.63) is 28.7 Å². The highest BCUT2D eigenvalue weighted by Gasteiger charge is 2.40. The van der Waals surface area contributed by atoms with Crippen molar-refractivity contribution in [1.29, 1.82) is 0 Å². The lowest BCUT2D eigenvalue weighted by Crippen LogP contribution is -2.44. The van der Waals surface area contributed by atoms with Crippen LogP contribution in [0.25, 0.3) is 6.08 Å². The van der Waals surface area contributed by atoms with Crippen molar-refractivity contribution in [1.82, 2.24) is 4.90 Å². The number of carbonyl (C=O) groups is 3. The molecular formula is C17H17NO7S2. The fourth-order valence-electron chi connectivity index (χ4n) is 2.45. The van der Waals surface area contributed by atoms with Gasteiger partial charge in [0, 0.05) is 18.1 Å².